The van der Waals surface area contributed by atoms with Crippen LogP contribution >= 0.6 is 0 Å². The van der Waals surface area contributed by atoms with E-state index in [-0.39, 0.29) is 44.6 Å². The Morgan fingerprint density at radius 2 is 1.81 bits per heavy atom. The van der Waals surface area contributed by atoms with Gasteiger partial charge in [0.15, 0.2) is 0 Å². The van der Waals surface area contributed by atoms with Gasteiger partial charge < -0.3 is 40.9 Å². The highest BCUT2D eigenvalue weighted by Gasteiger charge is 2.38. The van der Waals surface area contributed by atoms with Gasteiger partial charge >= 0.3 is 5.97 Å². The van der Waals surface area contributed by atoms with Gasteiger partial charge in [-0.25, -0.2) is 5.43 Å². The van der Waals surface area contributed by atoms with Crippen LogP contribution in [0.5, 0.6) is 5.75 Å². The lowest BCUT2D eigenvalue weighted by Crippen LogP contribution is -2.62. The summed E-state index contributed by atoms with van der Waals surface area (Å²) in [6.45, 7) is 8.29. The number of esters is 1. The number of aliphatic hydroxyl groups is 4. The van der Waals surface area contributed by atoms with E-state index in [1.54, 1.807) is 65.0 Å². The lowest BCUT2D eigenvalue weighted by molar-refractivity contribution is -0.156. The Morgan fingerprint density at radius 3 is 2.47 bits per heavy atom. The zero-order valence-corrected chi connectivity index (χ0v) is 31.4. The highest BCUT2D eigenvalue weighted by Crippen LogP contribution is 2.24. The molecule has 1 saturated heterocycles. The number of benzene rings is 1. The number of cyclic esters (lactones) is 1. The van der Waals surface area contributed by atoms with E-state index in [1.807, 2.05) is 0 Å². The van der Waals surface area contributed by atoms with E-state index < -0.39 is 84.0 Å². The van der Waals surface area contributed by atoms with E-state index in [0.29, 0.717) is 24.0 Å². The molecule has 0 radical (unpaired) electrons. The predicted octanol–water partition coefficient (Wildman–Crippen LogP) is 1.56. The number of nitrogens with one attached hydrogen (secondary N) is 3. The molecule has 0 aromatic heterocycles. The quantitative estimate of drug-likeness (QED) is 0.141. The van der Waals surface area contributed by atoms with Crippen molar-refractivity contribution in [2.75, 3.05) is 13.2 Å². The third kappa shape index (κ3) is 13.1. The second kappa shape index (κ2) is 21.0. The molecule has 3 rings (SSSR count). The van der Waals surface area contributed by atoms with Gasteiger partial charge in [0.25, 0.3) is 5.91 Å². The van der Waals surface area contributed by atoms with E-state index in [0.717, 1.165) is 0 Å². The van der Waals surface area contributed by atoms with Gasteiger partial charge in [-0.2, -0.15) is 0 Å². The minimum atomic E-state index is -1.36. The zero-order chi connectivity index (χ0) is 39.2. The van der Waals surface area contributed by atoms with Gasteiger partial charge in [0.2, 0.25) is 11.8 Å². The number of nitrogens with zero attached hydrogens (tertiary/aromatic N) is 1. The summed E-state index contributed by atoms with van der Waals surface area (Å²) in [5, 5.41) is 58.9. The minimum absolute atomic E-state index is 0.0246. The molecule has 0 saturated carbocycles. The SMILES string of the molecule is C/C(=C\CO)[C@@H]1C/C=C/C=C/[C@H](O)[C@H](C)[C@@H](O)C(CCC(C)O)C(=O)N[C@@H](C(C)C)C(=O)N[C@@H](Cc2cccc(O)c2)C(=O)N2CCC[C@H](N2)C(=O)O1. The molecule has 9 atom stereocenters. The van der Waals surface area contributed by atoms with Gasteiger partial charge in [0, 0.05) is 25.3 Å². The van der Waals surface area contributed by atoms with Crippen LogP contribution in [-0.4, -0.2) is 110 Å². The number of rotatable bonds is 8. The number of amides is 3. The normalized spacial score (nSPS) is 30.7. The Labute approximate surface area is 312 Å². The molecule has 2 heterocycles. The summed E-state index contributed by atoms with van der Waals surface area (Å²) in [7, 11) is 0. The number of fused-ring (bicyclic) bond motifs is 2. The summed E-state index contributed by atoms with van der Waals surface area (Å²) in [6, 6.07) is 3.04. The number of carbonyl (C=O) groups excluding carboxylic acids is 4. The maximum atomic E-state index is 14.2. The number of ether oxygens (including phenoxy) is 1. The fourth-order valence-electron chi connectivity index (χ4n) is 6.38. The summed E-state index contributed by atoms with van der Waals surface area (Å²) in [4.78, 5) is 55.5. The summed E-state index contributed by atoms with van der Waals surface area (Å²) in [5.74, 6) is -4.89. The number of hydrogen-bond acceptors (Lipinski definition) is 11. The summed E-state index contributed by atoms with van der Waals surface area (Å²) in [6.07, 6.45) is 5.19. The maximum absolute atomic E-state index is 14.2. The molecule has 2 aliphatic heterocycles. The number of phenols is 1. The van der Waals surface area contributed by atoms with Crippen molar-refractivity contribution in [2.24, 2.45) is 17.8 Å². The first-order chi connectivity index (χ1) is 25.1. The summed E-state index contributed by atoms with van der Waals surface area (Å²) >= 11 is 0. The molecule has 2 bridgehead atoms. The Morgan fingerprint density at radius 1 is 1.08 bits per heavy atom. The molecule has 3 amide bonds. The van der Waals surface area contributed by atoms with Gasteiger partial charge in [0.1, 0.15) is 30.0 Å². The largest absolute Gasteiger partial charge is 0.508 e. The van der Waals surface area contributed by atoms with Crippen molar-refractivity contribution in [2.45, 2.75) is 116 Å². The molecule has 53 heavy (non-hydrogen) atoms. The molecule has 2 unspecified atom stereocenters. The van der Waals surface area contributed by atoms with Gasteiger partial charge in [-0.15, -0.1) is 0 Å². The van der Waals surface area contributed by atoms with Gasteiger partial charge in [-0.1, -0.05) is 63.3 Å². The number of carbonyl (C=O) groups is 4. The first-order valence-corrected chi connectivity index (χ1v) is 18.4. The highest BCUT2D eigenvalue weighted by atomic mass is 16.5. The molecule has 1 aromatic rings. The number of allylic oxidation sites excluding steroid dienone is 2. The fourth-order valence-corrected chi connectivity index (χ4v) is 6.38. The number of aliphatic hydroxyl groups excluding tert-OH is 4. The lowest BCUT2D eigenvalue weighted by Gasteiger charge is -2.36. The van der Waals surface area contributed by atoms with Crippen LogP contribution in [-0.2, 0) is 30.3 Å². The van der Waals surface area contributed by atoms with Crippen LogP contribution in [0.1, 0.15) is 72.3 Å². The molecule has 1 fully saturated rings. The van der Waals surface area contributed by atoms with Crippen LogP contribution in [0, 0.1) is 17.8 Å². The third-order valence-corrected chi connectivity index (χ3v) is 9.76. The maximum Gasteiger partial charge on any atom is 0.325 e. The van der Waals surface area contributed by atoms with Crippen molar-refractivity contribution in [1.82, 2.24) is 21.1 Å². The molecular formula is C39H58N4O10. The number of hydrazine groups is 1. The number of aromatic hydroxyl groups is 1. The highest BCUT2D eigenvalue weighted by molar-refractivity contribution is 5.93. The lowest BCUT2D eigenvalue weighted by atomic mass is 9.84. The second-order valence-corrected chi connectivity index (χ2v) is 14.5. The van der Waals surface area contributed by atoms with Crippen molar-refractivity contribution < 1.29 is 49.4 Å². The minimum Gasteiger partial charge on any atom is -0.508 e. The first kappa shape index (κ1) is 43.3. The van der Waals surface area contributed by atoms with E-state index in [9.17, 15) is 44.7 Å². The van der Waals surface area contributed by atoms with Crippen molar-refractivity contribution in [3.63, 3.8) is 0 Å². The van der Waals surface area contributed by atoms with Crippen LogP contribution in [0.15, 0.2) is 60.2 Å². The molecule has 14 nitrogen and oxygen atoms in total. The zero-order valence-electron chi connectivity index (χ0n) is 31.4. The first-order valence-electron chi connectivity index (χ1n) is 18.4. The van der Waals surface area contributed by atoms with Gasteiger partial charge in [0.05, 0.1) is 30.8 Å². The topological polar surface area (TPSA) is 218 Å². The summed E-state index contributed by atoms with van der Waals surface area (Å²) in [5.41, 5.74) is 4.13. The fraction of sp³-hybridized carbons (Fsp3) is 0.590. The molecular weight excluding hydrogens is 684 g/mol. The van der Waals surface area contributed by atoms with E-state index in [4.69, 9.17) is 4.74 Å². The van der Waals surface area contributed by atoms with E-state index in [1.165, 1.54) is 29.3 Å². The average Bonchev–Trinajstić information content (AvgIpc) is 3.11. The molecule has 2 aliphatic rings. The Kier molecular flexibility index (Phi) is 17.1. The van der Waals surface area contributed by atoms with Crippen molar-refractivity contribution in [1.29, 1.82) is 0 Å². The van der Waals surface area contributed by atoms with Crippen LogP contribution in [0.4, 0.5) is 0 Å². The van der Waals surface area contributed by atoms with Crippen LogP contribution in [0.25, 0.3) is 0 Å². The molecule has 0 spiro atoms. The van der Waals surface area contributed by atoms with Gasteiger partial charge in [-0.3, -0.25) is 24.2 Å². The third-order valence-electron chi connectivity index (χ3n) is 9.76. The number of hydrogen-bond donors (Lipinski definition) is 8. The second-order valence-electron chi connectivity index (χ2n) is 14.5. The van der Waals surface area contributed by atoms with Crippen molar-refractivity contribution >= 4 is 23.7 Å². The monoisotopic (exact) mass is 742 g/mol. The van der Waals surface area contributed by atoms with Crippen LogP contribution in [0.3, 0.4) is 0 Å². The molecule has 1 aromatic carbocycles. The van der Waals surface area contributed by atoms with Crippen molar-refractivity contribution in [3.8, 4) is 5.75 Å². The van der Waals surface area contributed by atoms with E-state index in [2.05, 4.69) is 16.1 Å². The Hall–Kier alpha value is -4.08. The van der Waals surface area contributed by atoms with Crippen LogP contribution in [0.2, 0.25) is 0 Å². The smallest absolute Gasteiger partial charge is 0.325 e. The van der Waals surface area contributed by atoms with Gasteiger partial charge in [-0.05, 0) is 68.7 Å². The summed E-state index contributed by atoms with van der Waals surface area (Å²) < 4.78 is 5.87. The standard InChI is InChI=1S/C39H58N4O10/c1-23(2)34-37(50)40-31(22-27-11-9-12-28(46)21-27)38(51)43-19-10-13-30(42-43)39(52)53-33(24(3)18-20-44)15-8-6-7-14-32(47)26(5)35(48)29(36(49)41-34)17-16-25(4)45/h6-9,11-12,14,18,21,23,25-26,29-35,42,44-48H,10,13,15-17,19-20,22H2,1-5H3,(H,40,50)(H,41,49)/b8-6+,14-7+,24-18+/t25?,26-,29?,30-,31-,32-,33-,34-,35+/m0/s1. The van der Waals surface area contributed by atoms with Crippen molar-refractivity contribution in [3.05, 3.63) is 65.8 Å². The molecule has 0 aliphatic carbocycles. The van der Waals surface area contributed by atoms with Crippen LogP contribution < -0.4 is 16.1 Å². The molecule has 294 valence electrons. The Balaban J connectivity index is 2.06. The van der Waals surface area contributed by atoms with E-state index >= 15 is 0 Å². The average molecular weight is 743 g/mol. The Bertz CT molecular complexity index is 1480. The molecule has 14 heteroatoms. The number of phenolic OH excluding ortho intramolecular Hbond substituents is 1. The molecule has 8 N–H and O–H groups in total. The predicted molar refractivity (Wildman–Crippen MR) is 198 cm³/mol.